The minimum atomic E-state index is -1.10. The average molecular weight is 157 g/mol. The van der Waals surface area contributed by atoms with Gasteiger partial charge in [0.25, 0.3) is 5.88 Å². The third kappa shape index (κ3) is 1.14. The number of rotatable bonds is 2. The zero-order valence-electron chi connectivity index (χ0n) is 6.11. The Balaban J connectivity index is 3.17. The van der Waals surface area contributed by atoms with Gasteiger partial charge in [-0.2, -0.15) is 0 Å². The molecule has 0 fully saturated rings. The fourth-order valence-corrected chi connectivity index (χ4v) is 0.706. The minimum Gasteiger partial charge on any atom is -0.478 e. The second-order valence-corrected chi connectivity index (χ2v) is 1.88. The molecule has 60 valence electrons. The highest BCUT2D eigenvalue weighted by molar-refractivity contribution is 5.87. The number of aromatic nitrogens is 3. The zero-order valence-corrected chi connectivity index (χ0v) is 6.11. The van der Waals surface area contributed by atoms with Crippen LogP contribution in [0.15, 0.2) is 0 Å². The summed E-state index contributed by atoms with van der Waals surface area (Å²) >= 11 is 0. The lowest BCUT2D eigenvalue weighted by Gasteiger charge is -1.95. The normalized spacial score (nSPS) is 9.64. The molecule has 11 heavy (non-hydrogen) atoms. The van der Waals surface area contributed by atoms with E-state index in [1.54, 1.807) is 0 Å². The van der Waals surface area contributed by atoms with Crippen molar-refractivity contribution >= 4 is 5.97 Å². The summed E-state index contributed by atoms with van der Waals surface area (Å²) in [5.41, 5.74) is -0.0486. The molecule has 6 nitrogen and oxygen atoms in total. The number of hydrogen-bond donors (Lipinski definition) is 1. The minimum absolute atomic E-state index is 0.0278. The Morgan fingerprint density at radius 3 is 2.73 bits per heavy atom. The van der Waals surface area contributed by atoms with E-state index in [0.29, 0.717) is 0 Å². The van der Waals surface area contributed by atoms with Gasteiger partial charge in [0, 0.05) is 7.05 Å². The summed E-state index contributed by atoms with van der Waals surface area (Å²) in [6.07, 6.45) is 0. The van der Waals surface area contributed by atoms with Gasteiger partial charge in [-0.25, -0.2) is 9.48 Å². The van der Waals surface area contributed by atoms with Gasteiger partial charge in [0.05, 0.1) is 7.11 Å². The summed E-state index contributed by atoms with van der Waals surface area (Å²) in [6.45, 7) is 0. The van der Waals surface area contributed by atoms with Crippen LogP contribution in [0.1, 0.15) is 10.5 Å². The fourth-order valence-electron chi connectivity index (χ4n) is 0.706. The molecule has 0 saturated carbocycles. The van der Waals surface area contributed by atoms with Crippen LogP contribution in [0, 0.1) is 0 Å². The average Bonchev–Trinajstić information content (AvgIpc) is 2.30. The van der Waals surface area contributed by atoms with Gasteiger partial charge in [-0.15, -0.1) is 0 Å². The number of aromatic carboxylic acids is 1. The summed E-state index contributed by atoms with van der Waals surface area (Å²) in [7, 11) is 2.83. The van der Waals surface area contributed by atoms with Crippen molar-refractivity contribution in [3.8, 4) is 5.88 Å². The van der Waals surface area contributed by atoms with Crippen molar-refractivity contribution < 1.29 is 14.6 Å². The molecule has 0 radical (unpaired) electrons. The Labute approximate surface area is 62.4 Å². The number of nitrogens with zero attached hydrogens (tertiary/aromatic N) is 3. The third-order valence-electron chi connectivity index (χ3n) is 1.19. The van der Waals surface area contributed by atoms with E-state index in [0.717, 1.165) is 4.68 Å². The van der Waals surface area contributed by atoms with Crippen LogP contribution in [0.3, 0.4) is 0 Å². The van der Waals surface area contributed by atoms with Crippen LogP contribution in [0.4, 0.5) is 0 Å². The molecule has 1 rings (SSSR count). The number of methoxy groups -OCH3 is 1. The van der Waals surface area contributed by atoms with Crippen molar-refractivity contribution in [3.05, 3.63) is 5.69 Å². The lowest BCUT2D eigenvalue weighted by Crippen LogP contribution is -2.06. The van der Waals surface area contributed by atoms with Gasteiger partial charge in [0.1, 0.15) is 0 Å². The van der Waals surface area contributed by atoms with E-state index in [4.69, 9.17) is 5.11 Å². The Morgan fingerprint density at radius 2 is 2.36 bits per heavy atom. The van der Waals surface area contributed by atoms with Gasteiger partial charge in [-0.1, -0.05) is 10.3 Å². The van der Waals surface area contributed by atoms with E-state index < -0.39 is 5.97 Å². The highest BCUT2D eigenvalue weighted by Gasteiger charge is 2.17. The van der Waals surface area contributed by atoms with Gasteiger partial charge >= 0.3 is 5.97 Å². The van der Waals surface area contributed by atoms with Crippen molar-refractivity contribution in [2.24, 2.45) is 7.05 Å². The molecular formula is C5H7N3O3. The molecule has 0 unspecified atom stereocenters. The van der Waals surface area contributed by atoms with Crippen molar-refractivity contribution in [1.29, 1.82) is 0 Å². The highest BCUT2D eigenvalue weighted by atomic mass is 16.5. The third-order valence-corrected chi connectivity index (χ3v) is 1.19. The van der Waals surface area contributed by atoms with Crippen molar-refractivity contribution in [1.82, 2.24) is 15.0 Å². The van der Waals surface area contributed by atoms with E-state index in [2.05, 4.69) is 15.0 Å². The van der Waals surface area contributed by atoms with E-state index in [1.165, 1.54) is 14.2 Å². The monoisotopic (exact) mass is 157 g/mol. The molecular weight excluding hydrogens is 150 g/mol. The molecule has 0 saturated heterocycles. The summed E-state index contributed by atoms with van der Waals surface area (Å²) in [5, 5.41) is 15.5. The molecule has 0 bridgehead atoms. The van der Waals surface area contributed by atoms with Gasteiger partial charge in [0.15, 0.2) is 0 Å². The number of carboxylic acids is 1. The quantitative estimate of drug-likeness (QED) is 0.627. The molecule has 1 heterocycles. The van der Waals surface area contributed by atoms with E-state index in [1.807, 2.05) is 0 Å². The van der Waals surface area contributed by atoms with Crippen LogP contribution in [0.2, 0.25) is 0 Å². The number of carboxylic acid groups (broad SMARTS) is 1. The van der Waals surface area contributed by atoms with Crippen molar-refractivity contribution in [2.75, 3.05) is 7.11 Å². The lowest BCUT2D eigenvalue weighted by atomic mass is 10.4. The Hall–Kier alpha value is -1.59. The first kappa shape index (κ1) is 7.52. The second-order valence-electron chi connectivity index (χ2n) is 1.88. The summed E-state index contributed by atoms with van der Waals surface area (Å²) in [4.78, 5) is 10.5. The molecule has 6 heteroatoms. The van der Waals surface area contributed by atoms with Crippen molar-refractivity contribution in [3.63, 3.8) is 0 Å². The molecule has 1 aromatic heterocycles. The van der Waals surface area contributed by atoms with Gasteiger partial charge < -0.3 is 9.84 Å². The van der Waals surface area contributed by atoms with Crippen molar-refractivity contribution in [2.45, 2.75) is 0 Å². The molecule has 1 N–H and O–H groups in total. The topological polar surface area (TPSA) is 77.2 Å². The van der Waals surface area contributed by atoms with Crippen LogP contribution >= 0.6 is 0 Å². The molecule has 0 aromatic carbocycles. The number of ether oxygens (including phenoxy) is 1. The van der Waals surface area contributed by atoms with Gasteiger partial charge in [0.2, 0.25) is 5.69 Å². The smallest absolute Gasteiger partial charge is 0.359 e. The molecule has 0 aliphatic carbocycles. The van der Waals surface area contributed by atoms with E-state index in [9.17, 15) is 4.79 Å². The predicted octanol–water partition coefficient (Wildman–Crippen LogP) is -0.478. The first-order chi connectivity index (χ1) is 5.16. The molecule has 0 atom stereocenters. The van der Waals surface area contributed by atoms with Crippen LogP contribution < -0.4 is 4.74 Å². The molecule has 0 aliphatic heterocycles. The SMILES string of the molecule is COc1nnn(C)c1C(=O)O. The molecule has 1 aromatic rings. The zero-order chi connectivity index (χ0) is 8.43. The maximum Gasteiger partial charge on any atom is 0.359 e. The predicted molar refractivity (Wildman–Crippen MR) is 34.5 cm³/mol. The molecule has 0 amide bonds. The maximum absolute atomic E-state index is 10.5. The Morgan fingerprint density at radius 1 is 1.73 bits per heavy atom. The van der Waals surface area contributed by atoms with Crippen LogP contribution in [0.25, 0.3) is 0 Å². The summed E-state index contributed by atoms with van der Waals surface area (Å²) in [5.74, 6) is -1.07. The van der Waals surface area contributed by atoms with Gasteiger partial charge in [-0.3, -0.25) is 0 Å². The Kier molecular flexibility index (Phi) is 1.75. The highest BCUT2D eigenvalue weighted by Crippen LogP contribution is 2.11. The summed E-state index contributed by atoms with van der Waals surface area (Å²) < 4.78 is 5.79. The second kappa shape index (κ2) is 2.57. The maximum atomic E-state index is 10.5. The van der Waals surface area contributed by atoms with E-state index >= 15 is 0 Å². The van der Waals surface area contributed by atoms with E-state index in [-0.39, 0.29) is 11.6 Å². The van der Waals surface area contributed by atoms with Crippen LogP contribution in [-0.2, 0) is 7.05 Å². The molecule has 0 aliphatic rings. The summed E-state index contributed by atoms with van der Waals surface area (Å²) in [6, 6.07) is 0. The largest absolute Gasteiger partial charge is 0.478 e. The molecule has 0 spiro atoms. The number of aryl methyl sites for hydroxylation is 1. The Bertz CT molecular complexity index is 281. The standard InChI is InChI=1S/C5H7N3O3/c1-8-3(5(9)10)4(11-2)6-7-8/h1-2H3,(H,9,10). The first-order valence-electron chi connectivity index (χ1n) is 2.83. The lowest BCUT2D eigenvalue weighted by molar-refractivity contribution is 0.0681. The van der Waals surface area contributed by atoms with Gasteiger partial charge in [-0.05, 0) is 0 Å². The fraction of sp³-hybridized carbons (Fsp3) is 0.400. The first-order valence-corrected chi connectivity index (χ1v) is 2.83. The number of carbonyl (C=O) groups is 1. The number of hydrogen-bond acceptors (Lipinski definition) is 4. The van der Waals surface area contributed by atoms with Crippen LogP contribution in [-0.4, -0.2) is 33.2 Å². The van der Waals surface area contributed by atoms with Crippen LogP contribution in [0.5, 0.6) is 5.88 Å².